The highest BCUT2D eigenvalue weighted by molar-refractivity contribution is 5.83. The Hall–Kier alpha value is -0.610. The average molecular weight is 296 g/mol. The standard InChI is InChI=1S/C17H32N2O2/c1-3-7-17(8-10-18-11-9-17)16(20)19-12-5-6-15(14-19)21-13-4-2/h15,18H,3-14H2,1-2H3. The first-order valence-electron chi connectivity index (χ1n) is 8.83. The quantitative estimate of drug-likeness (QED) is 0.819. The van der Waals surface area contributed by atoms with E-state index in [1.54, 1.807) is 0 Å². The summed E-state index contributed by atoms with van der Waals surface area (Å²) in [5.74, 6) is 0.399. The van der Waals surface area contributed by atoms with Gasteiger partial charge >= 0.3 is 0 Å². The lowest BCUT2D eigenvalue weighted by molar-refractivity contribution is -0.148. The Balaban J connectivity index is 1.98. The van der Waals surface area contributed by atoms with Crippen molar-refractivity contribution in [3.8, 4) is 0 Å². The highest BCUT2D eigenvalue weighted by Gasteiger charge is 2.42. The van der Waals surface area contributed by atoms with Gasteiger partial charge in [-0.05, 0) is 51.6 Å². The molecule has 2 heterocycles. The van der Waals surface area contributed by atoms with Gasteiger partial charge < -0.3 is 15.0 Å². The van der Waals surface area contributed by atoms with Crippen LogP contribution in [0.15, 0.2) is 0 Å². The molecule has 1 N–H and O–H groups in total. The molecule has 0 radical (unpaired) electrons. The third kappa shape index (κ3) is 4.19. The van der Waals surface area contributed by atoms with E-state index >= 15 is 0 Å². The molecular weight excluding hydrogens is 264 g/mol. The second-order valence-electron chi connectivity index (χ2n) is 6.67. The molecule has 1 amide bonds. The maximum absolute atomic E-state index is 13.1. The Morgan fingerprint density at radius 2 is 2.05 bits per heavy atom. The number of nitrogens with one attached hydrogen (secondary N) is 1. The Morgan fingerprint density at radius 1 is 1.29 bits per heavy atom. The third-order valence-electron chi connectivity index (χ3n) is 4.97. The first-order chi connectivity index (χ1) is 10.2. The first kappa shape index (κ1) is 16.8. The molecule has 1 unspecified atom stereocenters. The van der Waals surface area contributed by atoms with Gasteiger partial charge in [0.2, 0.25) is 5.91 Å². The zero-order valence-electron chi connectivity index (χ0n) is 13.8. The molecule has 122 valence electrons. The van der Waals surface area contributed by atoms with Crippen molar-refractivity contribution in [2.24, 2.45) is 5.41 Å². The highest BCUT2D eigenvalue weighted by atomic mass is 16.5. The second kappa shape index (κ2) is 8.14. The van der Waals surface area contributed by atoms with Crippen LogP contribution >= 0.6 is 0 Å². The van der Waals surface area contributed by atoms with Crippen LogP contribution in [0.1, 0.15) is 58.8 Å². The van der Waals surface area contributed by atoms with Crippen molar-refractivity contribution in [2.45, 2.75) is 64.9 Å². The summed E-state index contributed by atoms with van der Waals surface area (Å²) in [5.41, 5.74) is -0.105. The van der Waals surface area contributed by atoms with Crippen molar-refractivity contribution < 1.29 is 9.53 Å². The SMILES string of the molecule is CCCOC1CCCN(C(=O)C2(CCC)CCNCC2)C1. The minimum Gasteiger partial charge on any atom is -0.376 e. The van der Waals surface area contributed by atoms with Gasteiger partial charge in [0.25, 0.3) is 0 Å². The third-order valence-corrected chi connectivity index (χ3v) is 4.97. The lowest BCUT2D eigenvalue weighted by Gasteiger charge is -2.42. The van der Waals surface area contributed by atoms with Crippen LogP contribution in [0.25, 0.3) is 0 Å². The fourth-order valence-corrected chi connectivity index (χ4v) is 3.83. The monoisotopic (exact) mass is 296 g/mol. The van der Waals surface area contributed by atoms with E-state index in [1.165, 1.54) is 0 Å². The largest absolute Gasteiger partial charge is 0.376 e. The maximum atomic E-state index is 13.1. The number of hydrogen-bond acceptors (Lipinski definition) is 3. The van der Waals surface area contributed by atoms with Gasteiger partial charge in [0, 0.05) is 19.7 Å². The zero-order valence-corrected chi connectivity index (χ0v) is 13.8. The van der Waals surface area contributed by atoms with Crippen LogP contribution < -0.4 is 5.32 Å². The van der Waals surface area contributed by atoms with Gasteiger partial charge in [0.15, 0.2) is 0 Å². The van der Waals surface area contributed by atoms with Gasteiger partial charge in [-0.2, -0.15) is 0 Å². The normalized spacial score (nSPS) is 25.8. The number of hydrogen-bond donors (Lipinski definition) is 1. The number of amides is 1. The molecule has 0 aromatic carbocycles. The zero-order chi connectivity index (χ0) is 15.1. The van der Waals surface area contributed by atoms with Crippen LogP contribution in [0, 0.1) is 5.41 Å². The predicted octanol–water partition coefficient (Wildman–Crippen LogP) is 2.57. The number of nitrogens with zero attached hydrogens (tertiary/aromatic N) is 1. The van der Waals surface area contributed by atoms with Crippen LogP contribution in [0.3, 0.4) is 0 Å². The van der Waals surface area contributed by atoms with Gasteiger partial charge in [0.05, 0.1) is 11.5 Å². The molecule has 2 saturated heterocycles. The summed E-state index contributed by atoms with van der Waals surface area (Å²) in [5, 5.41) is 3.40. The molecule has 2 aliphatic rings. The molecule has 0 spiro atoms. The number of rotatable bonds is 6. The molecule has 2 rings (SSSR count). The molecule has 0 aromatic heterocycles. The van der Waals surface area contributed by atoms with Crippen LogP contribution in [0.2, 0.25) is 0 Å². The van der Waals surface area contributed by atoms with Gasteiger partial charge in [-0.3, -0.25) is 4.79 Å². The van der Waals surface area contributed by atoms with E-state index in [4.69, 9.17) is 4.74 Å². The molecule has 4 heteroatoms. The number of piperidine rings is 2. The molecular formula is C17H32N2O2. The maximum Gasteiger partial charge on any atom is 0.228 e. The molecule has 0 bridgehead atoms. The van der Waals surface area contributed by atoms with E-state index in [0.29, 0.717) is 5.91 Å². The topological polar surface area (TPSA) is 41.6 Å². The van der Waals surface area contributed by atoms with Gasteiger partial charge in [0.1, 0.15) is 0 Å². The Labute approximate surface area is 129 Å². The van der Waals surface area contributed by atoms with Crippen LogP contribution in [-0.4, -0.2) is 49.7 Å². The fraction of sp³-hybridized carbons (Fsp3) is 0.941. The van der Waals surface area contributed by atoms with Crippen molar-refractivity contribution in [1.29, 1.82) is 0 Å². The van der Waals surface area contributed by atoms with E-state index in [2.05, 4.69) is 24.1 Å². The fourth-order valence-electron chi connectivity index (χ4n) is 3.83. The van der Waals surface area contributed by atoms with E-state index in [1.807, 2.05) is 0 Å². The molecule has 2 aliphatic heterocycles. The summed E-state index contributed by atoms with van der Waals surface area (Å²) in [7, 11) is 0. The van der Waals surface area contributed by atoms with Crippen molar-refractivity contribution in [3.63, 3.8) is 0 Å². The van der Waals surface area contributed by atoms with Gasteiger partial charge in [-0.1, -0.05) is 20.3 Å². The molecule has 1 atom stereocenters. The lowest BCUT2D eigenvalue weighted by Crippen LogP contribution is -2.53. The molecule has 0 aliphatic carbocycles. The minimum atomic E-state index is -0.105. The number of carbonyl (C=O) groups is 1. The van der Waals surface area contributed by atoms with Crippen molar-refractivity contribution in [3.05, 3.63) is 0 Å². The van der Waals surface area contributed by atoms with E-state index in [0.717, 1.165) is 77.7 Å². The summed E-state index contributed by atoms with van der Waals surface area (Å²) >= 11 is 0. The molecule has 2 fully saturated rings. The molecule has 21 heavy (non-hydrogen) atoms. The van der Waals surface area contributed by atoms with Crippen LogP contribution in [0.5, 0.6) is 0 Å². The summed E-state index contributed by atoms with van der Waals surface area (Å²) < 4.78 is 5.89. The average Bonchev–Trinajstić information content (AvgIpc) is 2.53. The van der Waals surface area contributed by atoms with Crippen molar-refractivity contribution in [1.82, 2.24) is 10.2 Å². The van der Waals surface area contributed by atoms with E-state index in [-0.39, 0.29) is 11.5 Å². The number of likely N-dealkylation sites (tertiary alicyclic amines) is 1. The van der Waals surface area contributed by atoms with E-state index in [9.17, 15) is 4.79 Å². The first-order valence-corrected chi connectivity index (χ1v) is 8.83. The molecule has 0 aromatic rings. The van der Waals surface area contributed by atoms with Crippen LogP contribution in [-0.2, 0) is 9.53 Å². The summed E-state index contributed by atoms with van der Waals surface area (Å²) in [4.78, 5) is 15.2. The van der Waals surface area contributed by atoms with Gasteiger partial charge in [-0.15, -0.1) is 0 Å². The number of carbonyl (C=O) groups excluding carboxylic acids is 1. The molecule has 0 saturated carbocycles. The Kier molecular flexibility index (Phi) is 6.49. The van der Waals surface area contributed by atoms with Crippen molar-refractivity contribution in [2.75, 3.05) is 32.8 Å². The number of ether oxygens (including phenoxy) is 1. The minimum absolute atomic E-state index is 0.105. The Bertz CT molecular complexity index is 321. The smallest absolute Gasteiger partial charge is 0.228 e. The van der Waals surface area contributed by atoms with E-state index < -0.39 is 0 Å². The summed E-state index contributed by atoms with van der Waals surface area (Å²) in [6.07, 6.45) is 7.61. The predicted molar refractivity (Wildman–Crippen MR) is 85.3 cm³/mol. The highest BCUT2D eigenvalue weighted by Crippen LogP contribution is 2.37. The lowest BCUT2D eigenvalue weighted by atomic mass is 9.74. The Morgan fingerprint density at radius 3 is 2.71 bits per heavy atom. The molecule has 4 nitrogen and oxygen atoms in total. The van der Waals surface area contributed by atoms with Crippen LogP contribution in [0.4, 0.5) is 0 Å². The van der Waals surface area contributed by atoms with Crippen molar-refractivity contribution >= 4 is 5.91 Å². The second-order valence-corrected chi connectivity index (χ2v) is 6.67. The van der Waals surface area contributed by atoms with Gasteiger partial charge in [-0.25, -0.2) is 0 Å². The summed E-state index contributed by atoms with van der Waals surface area (Å²) in [6.45, 7) is 8.83. The summed E-state index contributed by atoms with van der Waals surface area (Å²) in [6, 6.07) is 0.